The molecule has 1 aromatic carbocycles. The van der Waals surface area contributed by atoms with Gasteiger partial charge >= 0.3 is 0 Å². The molecule has 1 fully saturated rings. The van der Waals surface area contributed by atoms with E-state index in [1.54, 1.807) is 0 Å². The summed E-state index contributed by atoms with van der Waals surface area (Å²) in [4.78, 5) is 0. The third-order valence-corrected chi connectivity index (χ3v) is 4.64. The van der Waals surface area contributed by atoms with Crippen LogP contribution in [-0.2, 0) is 0 Å². The molecule has 3 heteroatoms. The summed E-state index contributed by atoms with van der Waals surface area (Å²) in [6.07, 6.45) is 3.40. The van der Waals surface area contributed by atoms with Gasteiger partial charge < -0.3 is 14.6 Å². The van der Waals surface area contributed by atoms with E-state index in [0.717, 1.165) is 30.8 Å². The molecule has 0 spiro atoms. The second-order valence-corrected chi connectivity index (χ2v) is 5.59. The molecule has 0 amide bonds. The molecule has 0 radical (unpaired) electrons. The summed E-state index contributed by atoms with van der Waals surface area (Å²) in [5, 5.41) is 10.1. The Hall–Kier alpha value is -1.22. The van der Waals surface area contributed by atoms with Crippen LogP contribution in [0, 0.1) is 5.41 Å². The van der Waals surface area contributed by atoms with Crippen LogP contribution < -0.4 is 9.47 Å². The van der Waals surface area contributed by atoms with E-state index in [-0.39, 0.29) is 17.6 Å². The number of benzene rings is 1. The molecule has 2 rings (SSSR count). The third kappa shape index (κ3) is 2.64. The van der Waals surface area contributed by atoms with Gasteiger partial charge in [-0.15, -0.1) is 0 Å². The Balaban J connectivity index is 2.10. The van der Waals surface area contributed by atoms with Crippen LogP contribution in [0.5, 0.6) is 11.5 Å². The number of aliphatic hydroxyl groups is 1. The van der Waals surface area contributed by atoms with Gasteiger partial charge in [-0.3, -0.25) is 0 Å². The number of hydrogen-bond donors (Lipinski definition) is 1. The predicted molar refractivity (Wildman–Crippen MR) is 80.3 cm³/mol. The van der Waals surface area contributed by atoms with Crippen LogP contribution in [-0.4, -0.2) is 23.9 Å². The lowest BCUT2D eigenvalue weighted by Crippen LogP contribution is -2.59. The Labute approximate surface area is 121 Å². The predicted octanol–water partition coefficient (Wildman–Crippen LogP) is 3.79. The van der Waals surface area contributed by atoms with Gasteiger partial charge in [0.25, 0.3) is 0 Å². The lowest BCUT2D eigenvalue weighted by Gasteiger charge is -2.52. The second kappa shape index (κ2) is 6.49. The average molecular weight is 278 g/mol. The Bertz CT molecular complexity index is 426. The van der Waals surface area contributed by atoms with E-state index in [1.165, 1.54) is 0 Å². The Morgan fingerprint density at radius 3 is 2.35 bits per heavy atom. The van der Waals surface area contributed by atoms with Crippen molar-refractivity contribution in [2.75, 3.05) is 6.61 Å². The minimum absolute atomic E-state index is 0.0823. The summed E-state index contributed by atoms with van der Waals surface area (Å²) >= 11 is 0. The van der Waals surface area contributed by atoms with Gasteiger partial charge in [0.15, 0.2) is 11.5 Å². The number of aliphatic hydroxyl groups excluding tert-OH is 1. The van der Waals surface area contributed by atoms with Crippen molar-refractivity contribution in [3.05, 3.63) is 24.3 Å². The molecule has 0 bridgehead atoms. The highest BCUT2D eigenvalue weighted by Gasteiger charge is 2.53. The minimum Gasteiger partial charge on any atom is -0.490 e. The van der Waals surface area contributed by atoms with Crippen LogP contribution in [0.15, 0.2) is 24.3 Å². The fourth-order valence-corrected chi connectivity index (χ4v) is 3.10. The molecule has 20 heavy (non-hydrogen) atoms. The van der Waals surface area contributed by atoms with Gasteiger partial charge in [-0.1, -0.05) is 32.9 Å². The zero-order chi connectivity index (χ0) is 14.6. The molecule has 0 heterocycles. The van der Waals surface area contributed by atoms with Gasteiger partial charge in [-0.2, -0.15) is 0 Å². The summed E-state index contributed by atoms with van der Waals surface area (Å²) in [6.45, 7) is 7.04. The Morgan fingerprint density at radius 1 is 1.15 bits per heavy atom. The topological polar surface area (TPSA) is 38.7 Å². The largest absolute Gasteiger partial charge is 0.490 e. The molecule has 1 aromatic rings. The molecule has 112 valence electrons. The zero-order valence-corrected chi connectivity index (χ0v) is 12.8. The van der Waals surface area contributed by atoms with Crippen molar-refractivity contribution in [2.45, 2.75) is 58.7 Å². The van der Waals surface area contributed by atoms with E-state index in [1.807, 2.05) is 24.3 Å². The first-order chi connectivity index (χ1) is 9.67. The Morgan fingerprint density at radius 2 is 1.80 bits per heavy atom. The van der Waals surface area contributed by atoms with Crippen molar-refractivity contribution in [1.82, 2.24) is 0 Å². The first-order valence-corrected chi connectivity index (χ1v) is 7.74. The maximum absolute atomic E-state index is 10.1. The van der Waals surface area contributed by atoms with Crippen LogP contribution in [0.3, 0.4) is 0 Å². The molecule has 0 aromatic heterocycles. The van der Waals surface area contributed by atoms with Gasteiger partial charge in [0.1, 0.15) is 6.10 Å². The molecule has 1 aliphatic carbocycles. The van der Waals surface area contributed by atoms with Gasteiger partial charge in [0, 0.05) is 11.8 Å². The molecule has 3 nitrogen and oxygen atoms in total. The van der Waals surface area contributed by atoms with Crippen LogP contribution in [0.25, 0.3) is 0 Å². The van der Waals surface area contributed by atoms with E-state index < -0.39 is 0 Å². The van der Waals surface area contributed by atoms with Crippen LogP contribution in [0.1, 0.15) is 46.5 Å². The highest BCUT2D eigenvalue weighted by atomic mass is 16.5. The van der Waals surface area contributed by atoms with E-state index in [0.29, 0.717) is 13.0 Å². The monoisotopic (exact) mass is 278 g/mol. The molecule has 0 saturated heterocycles. The van der Waals surface area contributed by atoms with Crippen molar-refractivity contribution in [1.29, 1.82) is 0 Å². The number of rotatable bonds is 7. The summed E-state index contributed by atoms with van der Waals surface area (Å²) in [5.41, 5.74) is -0.0993. The van der Waals surface area contributed by atoms with E-state index in [9.17, 15) is 5.11 Å². The molecule has 1 saturated carbocycles. The first kappa shape index (κ1) is 15.2. The first-order valence-electron chi connectivity index (χ1n) is 7.74. The number of hydrogen-bond acceptors (Lipinski definition) is 3. The van der Waals surface area contributed by atoms with Crippen molar-refractivity contribution >= 4 is 0 Å². The van der Waals surface area contributed by atoms with Gasteiger partial charge in [-0.25, -0.2) is 0 Å². The van der Waals surface area contributed by atoms with Crippen LogP contribution >= 0.6 is 0 Å². The zero-order valence-electron chi connectivity index (χ0n) is 12.8. The lowest BCUT2D eigenvalue weighted by molar-refractivity contribution is -0.160. The lowest BCUT2D eigenvalue weighted by atomic mass is 9.60. The molecule has 0 aliphatic heterocycles. The number of ether oxygens (including phenoxy) is 2. The van der Waals surface area contributed by atoms with Crippen molar-refractivity contribution in [3.63, 3.8) is 0 Å². The Kier molecular flexibility index (Phi) is 4.92. The standard InChI is InChI=1S/C17H26O3/c1-4-11-19-13-9-7-8-10-14(13)20-16-12-15(18)17(16,5-2)6-3/h7-10,15-16,18H,4-6,11-12H2,1-3H3. The van der Waals surface area contributed by atoms with Gasteiger partial charge in [0.05, 0.1) is 12.7 Å². The summed E-state index contributed by atoms with van der Waals surface area (Å²) < 4.78 is 11.9. The molecule has 1 aliphatic rings. The van der Waals surface area contributed by atoms with Crippen molar-refractivity contribution < 1.29 is 14.6 Å². The highest BCUT2D eigenvalue weighted by Crippen LogP contribution is 2.49. The maximum atomic E-state index is 10.1. The molecule has 2 atom stereocenters. The van der Waals surface area contributed by atoms with Crippen molar-refractivity contribution in [2.24, 2.45) is 5.41 Å². The van der Waals surface area contributed by atoms with E-state index in [4.69, 9.17) is 9.47 Å². The summed E-state index contributed by atoms with van der Waals surface area (Å²) in [7, 11) is 0. The quantitative estimate of drug-likeness (QED) is 0.824. The second-order valence-electron chi connectivity index (χ2n) is 5.59. The molecule has 2 unspecified atom stereocenters. The van der Waals surface area contributed by atoms with E-state index >= 15 is 0 Å². The smallest absolute Gasteiger partial charge is 0.161 e. The summed E-state index contributed by atoms with van der Waals surface area (Å²) in [6, 6.07) is 7.81. The molecular formula is C17H26O3. The van der Waals surface area contributed by atoms with E-state index in [2.05, 4.69) is 20.8 Å². The fraction of sp³-hybridized carbons (Fsp3) is 0.647. The molecular weight excluding hydrogens is 252 g/mol. The van der Waals surface area contributed by atoms with Crippen LogP contribution in [0.2, 0.25) is 0 Å². The normalized spacial score (nSPS) is 24.0. The average Bonchev–Trinajstić information content (AvgIpc) is 2.47. The van der Waals surface area contributed by atoms with Crippen molar-refractivity contribution in [3.8, 4) is 11.5 Å². The number of para-hydroxylation sites is 2. The fourth-order valence-electron chi connectivity index (χ4n) is 3.10. The summed E-state index contributed by atoms with van der Waals surface area (Å²) in [5.74, 6) is 1.60. The SMILES string of the molecule is CCCOc1ccccc1OC1CC(O)C1(CC)CC. The third-order valence-electron chi connectivity index (χ3n) is 4.64. The molecule has 1 N–H and O–H groups in total. The minimum atomic E-state index is -0.244. The van der Waals surface area contributed by atoms with Gasteiger partial charge in [0.2, 0.25) is 0 Å². The van der Waals surface area contributed by atoms with Crippen LogP contribution in [0.4, 0.5) is 0 Å². The van der Waals surface area contributed by atoms with Gasteiger partial charge in [-0.05, 0) is 31.4 Å². The highest BCUT2D eigenvalue weighted by molar-refractivity contribution is 5.40. The maximum Gasteiger partial charge on any atom is 0.161 e.